The second kappa shape index (κ2) is 6.83. The predicted octanol–water partition coefficient (Wildman–Crippen LogP) is 3.31. The van der Waals surface area contributed by atoms with Crippen molar-refractivity contribution in [2.75, 3.05) is 17.6 Å². The molecule has 0 aliphatic carbocycles. The molecule has 1 aromatic carbocycles. The zero-order valence-electron chi connectivity index (χ0n) is 12.8. The summed E-state index contributed by atoms with van der Waals surface area (Å²) in [4.78, 5) is 1.13. The summed E-state index contributed by atoms with van der Waals surface area (Å²) in [5.41, 5.74) is 0.323. The minimum atomic E-state index is -3.52. The molecular formula is C14H24N2O2S2. The lowest BCUT2D eigenvalue weighted by Crippen LogP contribution is -2.40. The van der Waals surface area contributed by atoms with Crippen LogP contribution in [0.3, 0.4) is 0 Å². The lowest BCUT2D eigenvalue weighted by molar-refractivity contribution is 0.490. The van der Waals surface area contributed by atoms with E-state index in [9.17, 15) is 8.42 Å². The molecule has 4 nitrogen and oxygen atoms in total. The average Bonchev–Trinajstić information content (AvgIpc) is 2.28. The Balaban J connectivity index is 3.27. The summed E-state index contributed by atoms with van der Waals surface area (Å²) < 4.78 is 27.8. The number of thioether (sulfide) groups is 1. The molecule has 0 radical (unpaired) electrons. The number of hydrogen-bond acceptors (Lipinski definition) is 4. The van der Waals surface area contributed by atoms with Crippen molar-refractivity contribution in [2.45, 2.75) is 49.9 Å². The molecule has 0 aromatic heterocycles. The zero-order valence-corrected chi connectivity index (χ0v) is 14.4. The minimum absolute atomic E-state index is 0.345. The van der Waals surface area contributed by atoms with Crippen molar-refractivity contribution in [3.8, 4) is 0 Å². The first-order valence-corrected chi connectivity index (χ1v) is 9.21. The van der Waals surface area contributed by atoms with Gasteiger partial charge in [-0.2, -0.15) is 0 Å². The van der Waals surface area contributed by atoms with Gasteiger partial charge in [-0.15, -0.1) is 11.8 Å². The van der Waals surface area contributed by atoms with Crippen LogP contribution in [0.15, 0.2) is 28.0 Å². The van der Waals surface area contributed by atoms with Gasteiger partial charge in [-0.05, 0) is 51.6 Å². The SMILES string of the molecule is CCNc1ccc(SCC)c(S(=O)(=O)NC(C)(C)C)c1. The molecule has 114 valence electrons. The van der Waals surface area contributed by atoms with Gasteiger partial charge in [0.25, 0.3) is 0 Å². The molecule has 1 rings (SSSR count). The Kier molecular flexibility index (Phi) is 5.91. The van der Waals surface area contributed by atoms with Crippen LogP contribution in [0.5, 0.6) is 0 Å². The second-order valence-electron chi connectivity index (χ2n) is 5.48. The predicted molar refractivity (Wildman–Crippen MR) is 87.1 cm³/mol. The van der Waals surface area contributed by atoms with Crippen LogP contribution in [-0.4, -0.2) is 26.3 Å². The summed E-state index contributed by atoms with van der Waals surface area (Å²) in [6.07, 6.45) is 0. The monoisotopic (exact) mass is 316 g/mol. The number of sulfonamides is 1. The van der Waals surface area contributed by atoms with E-state index in [1.165, 1.54) is 11.8 Å². The van der Waals surface area contributed by atoms with Crippen LogP contribution in [0.25, 0.3) is 0 Å². The summed E-state index contributed by atoms with van der Waals surface area (Å²) in [7, 11) is -3.52. The summed E-state index contributed by atoms with van der Waals surface area (Å²) in [6.45, 7) is 10.3. The van der Waals surface area contributed by atoms with Gasteiger partial charge in [-0.3, -0.25) is 0 Å². The van der Waals surface area contributed by atoms with Crippen LogP contribution in [0.4, 0.5) is 5.69 Å². The number of hydrogen-bond donors (Lipinski definition) is 2. The molecule has 2 N–H and O–H groups in total. The maximum absolute atomic E-state index is 12.5. The Labute approximate surface area is 126 Å². The molecule has 0 saturated heterocycles. The van der Waals surface area contributed by atoms with E-state index in [4.69, 9.17) is 0 Å². The Hall–Kier alpha value is -0.720. The molecule has 0 spiro atoms. The quantitative estimate of drug-likeness (QED) is 0.791. The molecule has 0 heterocycles. The standard InChI is InChI=1S/C14H24N2O2S2/c1-6-15-11-8-9-12(19-7-2)13(10-11)20(17,18)16-14(3,4)5/h8-10,15-16H,6-7H2,1-5H3. The molecule has 0 bridgehead atoms. The van der Waals surface area contributed by atoms with Crippen LogP contribution in [0.2, 0.25) is 0 Å². The van der Waals surface area contributed by atoms with Gasteiger partial charge in [-0.25, -0.2) is 13.1 Å². The molecule has 0 unspecified atom stereocenters. The van der Waals surface area contributed by atoms with Gasteiger partial charge in [0.15, 0.2) is 0 Å². The smallest absolute Gasteiger partial charge is 0.242 e. The summed E-state index contributed by atoms with van der Waals surface area (Å²) in [5, 5.41) is 3.15. The average molecular weight is 316 g/mol. The topological polar surface area (TPSA) is 58.2 Å². The maximum atomic E-state index is 12.5. The lowest BCUT2D eigenvalue weighted by atomic mass is 10.1. The van der Waals surface area contributed by atoms with E-state index < -0.39 is 15.6 Å². The first-order valence-electron chi connectivity index (χ1n) is 6.74. The third-order valence-corrected chi connectivity index (χ3v) is 5.24. The highest BCUT2D eigenvalue weighted by molar-refractivity contribution is 8.00. The number of rotatable bonds is 6. The molecule has 0 atom stereocenters. The van der Waals surface area contributed by atoms with E-state index in [2.05, 4.69) is 10.0 Å². The third-order valence-electron chi connectivity index (χ3n) is 2.35. The molecule has 1 aromatic rings. The second-order valence-corrected chi connectivity index (χ2v) is 8.44. The normalized spacial score (nSPS) is 12.4. The van der Waals surface area contributed by atoms with Crippen molar-refractivity contribution in [1.29, 1.82) is 0 Å². The van der Waals surface area contributed by atoms with E-state index in [1.54, 1.807) is 6.07 Å². The molecule has 20 heavy (non-hydrogen) atoms. The van der Waals surface area contributed by atoms with Crippen molar-refractivity contribution < 1.29 is 8.42 Å². The van der Waals surface area contributed by atoms with Crippen molar-refractivity contribution in [1.82, 2.24) is 4.72 Å². The molecule has 0 aliphatic rings. The van der Waals surface area contributed by atoms with E-state index >= 15 is 0 Å². The van der Waals surface area contributed by atoms with Gasteiger partial charge in [0.05, 0.1) is 4.90 Å². The van der Waals surface area contributed by atoms with E-state index in [1.807, 2.05) is 46.8 Å². The van der Waals surface area contributed by atoms with Crippen molar-refractivity contribution >= 4 is 27.5 Å². The van der Waals surface area contributed by atoms with Crippen LogP contribution >= 0.6 is 11.8 Å². The molecule has 0 amide bonds. The Bertz CT molecular complexity index is 549. The Morgan fingerprint density at radius 3 is 2.35 bits per heavy atom. The van der Waals surface area contributed by atoms with E-state index in [0.717, 1.165) is 22.9 Å². The molecule has 0 aliphatic heterocycles. The first-order chi connectivity index (χ1) is 9.19. The highest BCUT2D eigenvalue weighted by Crippen LogP contribution is 2.29. The first kappa shape index (κ1) is 17.3. The van der Waals surface area contributed by atoms with Crippen molar-refractivity contribution in [3.05, 3.63) is 18.2 Å². The number of benzene rings is 1. The Morgan fingerprint density at radius 1 is 1.20 bits per heavy atom. The van der Waals surface area contributed by atoms with Crippen LogP contribution in [-0.2, 0) is 10.0 Å². The van der Waals surface area contributed by atoms with E-state index in [-0.39, 0.29) is 0 Å². The number of anilines is 1. The van der Waals surface area contributed by atoms with Crippen LogP contribution < -0.4 is 10.0 Å². The maximum Gasteiger partial charge on any atom is 0.242 e. The number of nitrogens with one attached hydrogen (secondary N) is 2. The van der Waals surface area contributed by atoms with E-state index in [0.29, 0.717) is 4.90 Å². The zero-order chi connectivity index (χ0) is 15.4. The van der Waals surface area contributed by atoms with Gasteiger partial charge < -0.3 is 5.32 Å². The van der Waals surface area contributed by atoms with Gasteiger partial charge in [0.1, 0.15) is 0 Å². The van der Waals surface area contributed by atoms with Gasteiger partial charge in [-0.1, -0.05) is 6.92 Å². The molecular weight excluding hydrogens is 292 g/mol. The minimum Gasteiger partial charge on any atom is -0.385 e. The lowest BCUT2D eigenvalue weighted by Gasteiger charge is -2.22. The largest absolute Gasteiger partial charge is 0.385 e. The fourth-order valence-electron chi connectivity index (χ4n) is 1.76. The third kappa shape index (κ3) is 5.00. The van der Waals surface area contributed by atoms with Gasteiger partial charge >= 0.3 is 0 Å². The highest BCUT2D eigenvalue weighted by atomic mass is 32.2. The Morgan fingerprint density at radius 2 is 1.85 bits per heavy atom. The van der Waals surface area contributed by atoms with Gasteiger partial charge in [0, 0.05) is 22.7 Å². The fraction of sp³-hybridized carbons (Fsp3) is 0.571. The molecule has 0 fully saturated rings. The van der Waals surface area contributed by atoms with Crippen LogP contribution in [0, 0.1) is 0 Å². The molecule has 0 saturated carbocycles. The molecule has 6 heteroatoms. The summed E-state index contributed by atoms with van der Waals surface area (Å²) >= 11 is 1.53. The summed E-state index contributed by atoms with van der Waals surface area (Å²) in [6, 6.07) is 5.48. The van der Waals surface area contributed by atoms with Crippen LogP contribution in [0.1, 0.15) is 34.6 Å². The highest BCUT2D eigenvalue weighted by Gasteiger charge is 2.24. The van der Waals surface area contributed by atoms with Crippen molar-refractivity contribution in [3.63, 3.8) is 0 Å². The van der Waals surface area contributed by atoms with Crippen molar-refractivity contribution in [2.24, 2.45) is 0 Å². The van der Waals surface area contributed by atoms with Gasteiger partial charge in [0.2, 0.25) is 10.0 Å². The fourth-order valence-corrected chi connectivity index (χ4v) is 4.48. The summed E-state index contributed by atoms with van der Waals surface area (Å²) in [5.74, 6) is 0.832.